The third kappa shape index (κ3) is 4.19. The van der Waals surface area contributed by atoms with Crippen LogP contribution >= 0.6 is 0 Å². The van der Waals surface area contributed by atoms with Crippen LogP contribution in [0.3, 0.4) is 0 Å². The highest BCUT2D eigenvalue weighted by Crippen LogP contribution is 2.38. The molecule has 0 aliphatic carbocycles. The molecule has 0 fully saturated rings. The fourth-order valence-electron chi connectivity index (χ4n) is 2.40. The summed E-state index contributed by atoms with van der Waals surface area (Å²) in [5, 5.41) is 0. The molecule has 0 radical (unpaired) electrons. The van der Waals surface area contributed by atoms with Crippen LogP contribution in [0.25, 0.3) is 12.2 Å². The van der Waals surface area contributed by atoms with E-state index < -0.39 is 0 Å². The summed E-state index contributed by atoms with van der Waals surface area (Å²) in [6.45, 7) is 4.24. The molecule has 0 amide bonds. The van der Waals surface area contributed by atoms with Crippen LogP contribution in [0.4, 0.5) is 0 Å². The van der Waals surface area contributed by atoms with Gasteiger partial charge in [0.05, 0.1) is 21.3 Å². The molecule has 0 N–H and O–H groups in total. The average molecular weight is 324 g/mol. The Balaban J connectivity index is 2.19. The largest absolute Gasteiger partial charge is 0.493 e. The van der Waals surface area contributed by atoms with Crippen LogP contribution < -0.4 is 14.2 Å². The van der Waals surface area contributed by atoms with E-state index in [2.05, 4.69) is 38.1 Å². The zero-order valence-electron chi connectivity index (χ0n) is 14.9. The quantitative estimate of drug-likeness (QED) is 0.695. The Kier molecular flexibility index (Phi) is 6.07. The molecule has 3 nitrogen and oxygen atoms in total. The van der Waals surface area contributed by atoms with Crippen molar-refractivity contribution < 1.29 is 14.2 Å². The third-order valence-corrected chi connectivity index (χ3v) is 3.91. The number of aryl methyl sites for hydroxylation is 2. The topological polar surface area (TPSA) is 27.7 Å². The smallest absolute Gasteiger partial charge is 0.203 e. The van der Waals surface area contributed by atoms with Crippen molar-refractivity contribution in [3.05, 3.63) is 64.7 Å². The molecule has 24 heavy (non-hydrogen) atoms. The molecule has 0 aliphatic heterocycles. The van der Waals surface area contributed by atoms with Crippen LogP contribution in [-0.4, -0.2) is 21.3 Å². The minimum Gasteiger partial charge on any atom is -0.493 e. The molecule has 0 aromatic heterocycles. The zero-order chi connectivity index (χ0) is 17.5. The maximum atomic E-state index is 5.36. The summed E-state index contributed by atoms with van der Waals surface area (Å²) >= 11 is 0. The molecule has 0 bridgehead atoms. The molecule has 0 spiro atoms. The van der Waals surface area contributed by atoms with Gasteiger partial charge in [0.25, 0.3) is 0 Å². The molecular formula is C21H24O3. The van der Waals surface area contributed by atoms with Gasteiger partial charge in [-0.1, -0.05) is 42.5 Å². The molecule has 0 aliphatic rings. The Morgan fingerprint density at radius 3 is 1.75 bits per heavy atom. The Labute approximate surface area is 144 Å². The summed E-state index contributed by atoms with van der Waals surface area (Å²) in [5.41, 5.74) is 4.77. The van der Waals surface area contributed by atoms with Gasteiger partial charge in [0.1, 0.15) is 0 Å². The molecule has 0 saturated heterocycles. The van der Waals surface area contributed by atoms with E-state index in [-0.39, 0.29) is 0 Å². The second-order valence-corrected chi connectivity index (χ2v) is 5.52. The first kappa shape index (κ1) is 17.7. The van der Waals surface area contributed by atoms with Crippen molar-refractivity contribution in [2.75, 3.05) is 21.3 Å². The van der Waals surface area contributed by atoms with E-state index in [0.29, 0.717) is 17.2 Å². The SMILES string of the molecule is COc1cc(/C=C/C=C\c2ccc(C)c(C)c2)cc(OC)c1OC. The minimum absolute atomic E-state index is 0.600. The lowest BCUT2D eigenvalue weighted by atomic mass is 10.1. The van der Waals surface area contributed by atoms with Gasteiger partial charge in [-0.25, -0.2) is 0 Å². The Morgan fingerprint density at radius 2 is 1.25 bits per heavy atom. The van der Waals surface area contributed by atoms with E-state index in [9.17, 15) is 0 Å². The first-order valence-corrected chi connectivity index (χ1v) is 7.81. The first-order valence-electron chi connectivity index (χ1n) is 7.81. The van der Waals surface area contributed by atoms with E-state index in [4.69, 9.17) is 14.2 Å². The fraction of sp³-hybridized carbons (Fsp3) is 0.238. The van der Waals surface area contributed by atoms with Gasteiger partial charge in [-0.05, 0) is 48.2 Å². The molecule has 2 rings (SSSR count). The van der Waals surface area contributed by atoms with E-state index in [1.807, 2.05) is 30.4 Å². The molecule has 0 heterocycles. The zero-order valence-corrected chi connectivity index (χ0v) is 14.9. The fourth-order valence-corrected chi connectivity index (χ4v) is 2.40. The molecule has 0 atom stereocenters. The summed E-state index contributed by atoms with van der Waals surface area (Å²) in [4.78, 5) is 0. The van der Waals surface area contributed by atoms with Crippen molar-refractivity contribution in [3.8, 4) is 17.2 Å². The van der Waals surface area contributed by atoms with Crippen molar-refractivity contribution in [2.24, 2.45) is 0 Å². The Morgan fingerprint density at radius 1 is 0.667 bits per heavy atom. The second kappa shape index (κ2) is 8.25. The van der Waals surface area contributed by atoms with E-state index in [1.54, 1.807) is 21.3 Å². The molecule has 126 valence electrons. The number of methoxy groups -OCH3 is 3. The number of rotatable bonds is 6. The van der Waals surface area contributed by atoms with Gasteiger partial charge in [0.15, 0.2) is 11.5 Å². The van der Waals surface area contributed by atoms with Crippen molar-refractivity contribution >= 4 is 12.2 Å². The molecule has 2 aromatic rings. The van der Waals surface area contributed by atoms with Gasteiger partial charge in [-0.3, -0.25) is 0 Å². The van der Waals surface area contributed by atoms with Crippen molar-refractivity contribution in [2.45, 2.75) is 13.8 Å². The predicted molar refractivity (Wildman–Crippen MR) is 100 cm³/mol. The Hall–Kier alpha value is -2.68. The molecular weight excluding hydrogens is 300 g/mol. The summed E-state index contributed by atoms with van der Waals surface area (Å²) < 4.78 is 16.1. The monoisotopic (exact) mass is 324 g/mol. The third-order valence-electron chi connectivity index (χ3n) is 3.91. The number of hydrogen-bond donors (Lipinski definition) is 0. The maximum absolute atomic E-state index is 5.36. The number of hydrogen-bond acceptors (Lipinski definition) is 3. The van der Waals surface area contributed by atoms with E-state index in [1.165, 1.54) is 16.7 Å². The number of allylic oxidation sites excluding steroid dienone is 2. The van der Waals surface area contributed by atoms with Crippen LogP contribution in [-0.2, 0) is 0 Å². The first-order chi connectivity index (χ1) is 11.6. The van der Waals surface area contributed by atoms with Crippen LogP contribution in [0.15, 0.2) is 42.5 Å². The van der Waals surface area contributed by atoms with Crippen molar-refractivity contribution in [1.29, 1.82) is 0 Å². The summed E-state index contributed by atoms with van der Waals surface area (Å²) in [5.74, 6) is 1.90. The van der Waals surface area contributed by atoms with Crippen molar-refractivity contribution in [3.63, 3.8) is 0 Å². The van der Waals surface area contributed by atoms with Gasteiger partial charge in [0, 0.05) is 0 Å². The predicted octanol–water partition coefficient (Wildman–Crippen LogP) is 5.06. The normalized spacial score (nSPS) is 11.2. The number of ether oxygens (including phenoxy) is 3. The highest BCUT2D eigenvalue weighted by Gasteiger charge is 2.11. The lowest BCUT2D eigenvalue weighted by Crippen LogP contribution is -1.95. The minimum atomic E-state index is 0.600. The van der Waals surface area contributed by atoms with Gasteiger partial charge in [-0.2, -0.15) is 0 Å². The molecule has 3 heteroatoms. The van der Waals surface area contributed by atoms with Gasteiger partial charge in [-0.15, -0.1) is 0 Å². The van der Waals surface area contributed by atoms with Gasteiger partial charge < -0.3 is 14.2 Å². The maximum Gasteiger partial charge on any atom is 0.203 e. The second-order valence-electron chi connectivity index (χ2n) is 5.52. The van der Waals surface area contributed by atoms with Crippen LogP contribution in [0.1, 0.15) is 22.3 Å². The van der Waals surface area contributed by atoms with Crippen LogP contribution in [0, 0.1) is 13.8 Å². The van der Waals surface area contributed by atoms with Crippen LogP contribution in [0.5, 0.6) is 17.2 Å². The summed E-state index contributed by atoms with van der Waals surface area (Å²) in [6.07, 6.45) is 8.10. The van der Waals surface area contributed by atoms with E-state index in [0.717, 1.165) is 5.56 Å². The number of benzene rings is 2. The molecule has 0 saturated carbocycles. The molecule has 2 aromatic carbocycles. The van der Waals surface area contributed by atoms with Crippen LogP contribution in [0.2, 0.25) is 0 Å². The highest BCUT2D eigenvalue weighted by molar-refractivity contribution is 5.64. The molecule has 0 unspecified atom stereocenters. The lowest BCUT2D eigenvalue weighted by molar-refractivity contribution is 0.324. The van der Waals surface area contributed by atoms with Gasteiger partial charge >= 0.3 is 0 Å². The van der Waals surface area contributed by atoms with E-state index >= 15 is 0 Å². The van der Waals surface area contributed by atoms with Gasteiger partial charge in [0.2, 0.25) is 5.75 Å². The lowest BCUT2D eigenvalue weighted by Gasteiger charge is -2.12. The van der Waals surface area contributed by atoms with Crippen molar-refractivity contribution in [1.82, 2.24) is 0 Å². The standard InChI is InChI=1S/C21H24O3/c1-15-10-11-17(12-16(15)2)8-6-7-9-18-13-19(22-3)21(24-5)20(14-18)23-4/h6-14H,1-5H3/b8-6-,9-7+. The Bertz CT molecular complexity index is 733. The summed E-state index contributed by atoms with van der Waals surface area (Å²) in [6, 6.07) is 10.3. The summed E-state index contributed by atoms with van der Waals surface area (Å²) in [7, 11) is 4.83. The highest BCUT2D eigenvalue weighted by atomic mass is 16.5. The average Bonchev–Trinajstić information content (AvgIpc) is 2.60.